The van der Waals surface area contributed by atoms with Gasteiger partial charge in [0.05, 0.1) is 30.8 Å². The Hall–Kier alpha value is -1.88. The van der Waals surface area contributed by atoms with E-state index in [1.807, 2.05) is 6.92 Å². The van der Waals surface area contributed by atoms with E-state index in [2.05, 4.69) is 40.7 Å². The Morgan fingerprint density at radius 2 is 1.39 bits per heavy atom. The predicted molar refractivity (Wildman–Crippen MR) is 234 cm³/mol. The third kappa shape index (κ3) is 8.35. The van der Waals surface area contributed by atoms with Crippen molar-refractivity contribution in [2.45, 2.75) is 212 Å². The zero-order valence-corrected chi connectivity index (χ0v) is 40.4. The molecule has 9 N–H and O–H groups in total. The highest BCUT2D eigenvalue weighted by atomic mass is 16.8. The van der Waals surface area contributed by atoms with E-state index in [-0.39, 0.29) is 46.0 Å². The van der Waals surface area contributed by atoms with Crippen molar-refractivity contribution in [3.8, 4) is 0 Å². The molecule has 0 radical (unpaired) electrons. The second kappa shape index (κ2) is 18.3. The lowest BCUT2D eigenvalue weighted by Gasteiger charge is -2.71. The quantitative estimate of drug-likeness (QED) is 0.0859. The van der Waals surface area contributed by atoms with Crippen LogP contribution in [0.25, 0.3) is 0 Å². The van der Waals surface area contributed by atoms with E-state index in [0.717, 1.165) is 44.9 Å². The first-order valence-corrected chi connectivity index (χ1v) is 24.6. The van der Waals surface area contributed by atoms with Gasteiger partial charge in [-0.15, -0.1) is 0 Å². The molecule has 18 heteroatoms. The number of esters is 1. The van der Waals surface area contributed by atoms with Crippen molar-refractivity contribution in [1.29, 1.82) is 0 Å². The summed E-state index contributed by atoms with van der Waals surface area (Å²) in [5, 5.41) is 98.7. The number of ether oxygens (including phenoxy) is 7. The van der Waals surface area contributed by atoms with Crippen molar-refractivity contribution in [2.24, 2.45) is 50.2 Å². The molecule has 0 aromatic heterocycles. The van der Waals surface area contributed by atoms with Gasteiger partial charge in [-0.2, -0.15) is 0 Å². The van der Waals surface area contributed by atoms with Crippen LogP contribution in [0.2, 0.25) is 0 Å². The first kappa shape index (κ1) is 51.5. The standard InChI is InChI=1S/C49H78O18/c1-23-32(53)39(67-40-35(56)33(54)27(52)20-62-40)37(58)42(63-23)66-38-28(21-61-24(2)51)64-41(36(57)34(38)55)65-31-12-13-45(5)29(46(31,6)22-50)11-14-48(8)30(45)10-9-25-26-19-44(3,4)15-17-49(26,43(59)60)18-16-47(25,48)7/h9,23,26-42,50,52-58H,10-22H2,1-8H3,(H,59,60)/t23-,26+,27+,28+,29+,30-,31+,32-,33+,34+,35+,36+,37+,38+,39+,40+,41-,42+,45+,46+,47-,48-,49+/m1/s1. The lowest BCUT2D eigenvalue weighted by Crippen LogP contribution is -2.67. The summed E-state index contributed by atoms with van der Waals surface area (Å²) >= 11 is 0. The van der Waals surface area contributed by atoms with Gasteiger partial charge < -0.3 is 79.1 Å². The third-order valence-electron chi connectivity index (χ3n) is 19.4. The summed E-state index contributed by atoms with van der Waals surface area (Å²) < 4.78 is 41.3. The number of aliphatic hydroxyl groups excluding tert-OH is 8. The Kier molecular flexibility index (Phi) is 14.1. The Morgan fingerprint density at radius 1 is 0.731 bits per heavy atom. The molecule has 5 aliphatic carbocycles. The molecule has 7 fully saturated rings. The maximum Gasteiger partial charge on any atom is 0.310 e. The van der Waals surface area contributed by atoms with Crippen LogP contribution < -0.4 is 0 Å². The SMILES string of the molecule is CC(=O)OC[C@@H]1O[C@H](O[C@H]2CC[C@@]3(C)[C@H](CC[C@]4(C)[C@@H]3CC=C3[C@@H]5CC(C)(C)CC[C@]5(C(=O)O)CC[C@]34C)[C@]2(C)CO)[C@@H](O)[C@H](O)[C@H]1O[C@@H]1O[C@H](C)[C@@H](O)[C@H](O[C@@H]2OC[C@H](O)[C@H](O)[C@@H]2O)[C@@H]1O. The first-order chi connectivity index (χ1) is 31.3. The molecule has 3 heterocycles. The second-order valence-corrected chi connectivity index (χ2v) is 23.5. The Labute approximate surface area is 393 Å². The number of aliphatic hydroxyl groups is 8. The molecule has 67 heavy (non-hydrogen) atoms. The molecule has 23 atom stereocenters. The summed E-state index contributed by atoms with van der Waals surface area (Å²) in [7, 11) is 0. The van der Waals surface area contributed by atoms with Crippen LogP contribution in [0.4, 0.5) is 0 Å². The number of carboxylic acid groups (broad SMARTS) is 1. The highest BCUT2D eigenvalue weighted by Crippen LogP contribution is 2.76. The van der Waals surface area contributed by atoms with E-state index in [9.17, 15) is 55.5 Å². The number of allylic oxidation sites excluding steroid dienone is 2. The third-order valence-corrected chi connectivity index (χ3v) is 19.4. The maximum absolute atomic E-state index is 13.1. The van der Waals surface area contributed by atoms with Crippen molar-refractivity contribution in [1.82, 2.24) is 0 Å². The van der Waals surface area contributed by atoms with Crippen LogP contribution in [-0.2, 0) is 42.7 Å². The summed E-state index contributed by atoms with van der Waals surface area (Å²) in [6, 6.07) is 0. The van der Waals surface area contributed by atoms with E-state index in [4.69, 9.17) is 33.2 Å². The number of carboxylic acids is 1. The summed E-state index contributed by atoms with van der Waals surface area (Å²) in [5.74, 6) is -1.12. The number of carbonyl (C=O) groups is 2. The molecule has 0 bridgehead atoms. The molecule has 3 saturated heterocycles. The highest BCUT2D eigenvalue weighted by Gasteiger charge is 2.70. The zero-order chi connectivity index (χ0) is 49.0. The molecule has 0 spiro atoms. The number of aliphatic carboxylic acids is 1. The van der Waals surface area contributed by atoms with Gasteiger partial charge in [0.15, 0.2) is 18.9 Å². The monoisotopic (exact) mass is 955 g/mol. The van der Waals surface area contributed by atoms with E-state index in [0.29, 0.717) is 19.3 Å². The number of hydrogen-bond acceptors (Lipinski definition) is 17. The Balaban J connectivity index is 1.000. The van der Waals surface area contributed by atoms with Gasteiger partial charge in [-0.1, -0.05) is 53.2 Å². The number of fused-ring (bicyclic) bond motifs is 7. The minimum atomic E-state index is -1.80. The number of carbonyl (C=O) groups excluding carboxylic acids is 1. The molecule has 0 amide bonds. The molecule has 0 aromatic rings. The van der Waals surface area contributed by atoms with E-state index >= 15 is 0 Å². The zero-order valence-electron chi connectivity index (χ0n) is 40.4. The fraction of sp³-hybridized carbons (Fsp3) is 0.918. The topological polar surface area (TPSA) is 281 Å². The molecule has 0 aromatic carbocycles. The van der Waals surface area contributed by atoms with Crippen LogP contribution in [0.15, 0.2) is 11.6 Å². The van der Waals surface area contributed by atoms with Crippen LogP contribution in [0.3, 0.4) is 0 Å². The normalized spacial score (nSPS) is 52.9. The molecule has 382 valence electrons. The van der Waals surface area contributed by atoms with E-state index in [1.54, 1.807) is 0 Å². The van der Waals surface area contributed by atoms with Crippen molar-refractivity contribution in [3.05, 3.63) is 11.6 Å². The molecule has 18 nitrogen and oxygen atoms in total. The lowest BCUT2D eigenvalue weighted by molar-refractivity contribution is -0.379. The Morgan fingerprint density at radius 3 is 2.06 bits per heavy atom. The average Bonchev–Trinajstić information content (AvgIpc) is 3.26. The van der Waals surface area contributed by atoms with Crippen molar-refractivity contribution in [2.75, 3.05) is 19.8 Å². The van der Waals surface area contributed by atoms with Gasteiger partial charge in [-0.3, -0.25) is 9.59 Å². The molecule has 4 saturated carbocycles. The Bertz CT molecular complexity index is 1860. The number of hydrogen-bond donors (Lipinski definition) is 9. The summed E-state index contributed by atoms with van der Waals surface area (Å²) in [6.45, 7) is 15.3. The first-order valence-electron chi connectivity index (χ1n) is 24.6. The van der Waals surface area contributed by atoms with Crippen LogP contribution >= 0.6 is 0 Å². The predicted octanol–water partition coefficient (Wildman–Crippen LogP) is 1.92. The van der Waals surface area contributed by atoms with Gasteiger partial charge in [0.2, 0.25) is 0 Å². The minimum Gasteiger partial charge on any atom is -0.481 e. The van der Waals surface area contributed by atoms with Crippen LogP contribution in [0.5, 0.6) is 0 Å². The molecular formula is C49H78O18. The van der Waals surface area contributed by atoms with Gasteiger partial charge in [0.25, 0.3) is 0 Å². The molecule has 0 unspecified atom stereocenters. The molecular weight excluding hydrogens is 877 g/mol. The fourth-order valence-electron chi connectivity index (χ4n) is 15.0. The largest absolute Gasteiger partial charge is 0.481 e. The van der Waals surface area contributed by atoms with Crippen molar-refractivity contribution in [3.63, 3.8) is 0 Å². The second-order valence-electron chi connectivity index (χ2n) is 23.5. The smallest absolute Gasteiger partial charge is 0.310 e. The van der Waals surface area contributed by atoms with E-state index < -0.39 is 128 Å². The summed E-state index contributed by atoms with van der Waals surface area (Å²) in [4.78, 5) is 25.2. The van der Waals surface area contributed by atoms with Gasteiger partial charge in [-0.25, -0.2) is 0 Å². The summed E-state index contributed by atoms with van der Waals surface area (Å²) in [5.41, 5.74) is -0.724. The van der Waals surface area contributed by atoms with Crippen LogP contribution in [0, 0.1) is 50.2 Å². The van der Waals surface area contributed by atoms with Crippen LogP contribution in [-0.4, -0.2) is 170 Å². The minimum absolute atomic E-state index is 0.0130. The number of rotatable bonds is 10. The van der Waals surface area contributed by atoms with Gasteiger partial charge >= 0.3 is 11.9 Å². The van der Waals surface area contributed by atoms with Gasteiger partial charge in [0, 0.05) is 12.3 Å². The maximum atomic E-state index is 13.1. The van der Waals surface area contributed by atoms with Crippen LogP contribution in [0.1, 0.15) is 120 Å². The van der Waals surface area contributed by atoms with Crippen molar-refractivity contribution >= 4 is 11.9 Å². The van der Waals surface area contributed by atoms with Crippen molar-refractivity contribution < 1.29 is 88.7 Å². The molecule has 8 aliphatic rings. The molecule has 8 rings (SSSR count). The molecule has 3 aliphatic heterocycles. The fourth-order valence-corrected chi connectivity index (χ4v) is 15.0. The van der Waals surface area contributed by atoms with E-state index in [1.165, 1.54) is 19.4 Å². The van der Waals surface area contributed by atoms with Gasteiger partial charge in [-0.05, 0) is 111 Å². The lowest BCUT2D eigenvalue weighted by atomic mass is 9.33. The highest BCUT2D eigenvalue weighted by molar-refractivity contribution is 5.76. The van der Waals surface area contributed by atoms with Gasteiger partial charge in [0.1, 0.15) is 67.6 Å². The summed E-state index contributed by atoms with van der Waals surface area (Å²) in [6.07, 6.45) is -12.2. The average molecular weight is 955 g/mol.